The zero-order valence-electron chi connectivity index (χ0n) is 42.8. The van der Waals surface area contributed by atoms with Gasteiger partial charge in [0.15, 0.2) is 17.1 Å². The van der Waals surface area contributed by atoms with Crippen LogP contribution in [0.4, 0.5) is 5.82 Å². The predicted octanol–water partition coefficient (Wildman–Crippen LogP) is 7.35. The normalized spacial score (nSPS) is 25.9. The molecule has 18 heteroatoms. The van der Waals surface area contributed by atoms with Crippen LogP contribution in [0.25, 0.3) is 11.3 Å². The summed E-state index contributed by atoms with van der Waals surface area (Å²) in [6, 6.07) is 10.7. The summed E-state index contributed by atoms with van der Waals surface area (Å²) in [6.07, 6.45) is 16.4. The van der Waals surface area contributed by atoms with Crippen molar-refractivity contribution in [1.29, 1.82) is 0 Å². The van der Waals surface area contributed by atoms with E-state index in [2.05, 4.69) is 48.7 Å². The van der Waals surface area contributed by atoms with E-state index < -0.39 is 0 Å². The van der Waals surface area contributed by atoms with Crippen LogP contribution in [-0.2, 0) is 35.5 Å². The van der Waals surface area contributed by atoms with E-state index >= 15 is 0 Å². The molecule has 4 fully saturated rings. The standard InChI is InChI=1S/C54H72N14O4/c1-7-65-44(22-24-56-65)52(70)59-49(36-13-9-32(3)10-14-36)42-30-67-46(57-42)19-17-39(61-67)26-38-25-34(5)29-64(54(38)72)48-28-45(66(8-2)63-48)53(71)60-50(37-15-11-33(4)12-16-37)43-31-68-47(58-43)20-18-40(62-68)27-41-35(6)21-23-55-51(41)69/h17-20,22,24,28,30-38,41,49-50H,7-16,21,23,25-27,29H2,1-6H3,(H,55,69)(H,59,70)(H,60,71)/t32?,33?,34?,35?,36?,37?,38?,41?,49-,50-/m0/s1. The fourth-order valence-electron chi connectivity index (χ4n) is 12.1. The number of aromatic nitrogens is 10. The van der Waals surface area contributed by atoms with Gasteiger partial charge in [0.05, 0.1) is 47.3 Å². The van der Waals surface area contributed by atoms with Crippen molar-refractivity contribution in [2.45, 2.75) is 144 Å². The van der Waals surface area contributed by atoms with Crippen molar-refractivity contribution in [3.63, 3.8) is 0 Å². The third-order valence-electron chi connectivity index (χ3n) is 16.5. The van der Waals surface area contributed by atoms with E-state index in [1.807, 2.05) is 50.5 Å². The van der Waals surface area contributed by atoms with E-state index in [0.29, 0.717) is 85.8 Å². The second kappa shape index (κ2) is 20.9. The molecule has 0 bridgehead atoms. The first-order chi connectivity index (χ1) is 34.8. The van der Waals surface area contributed by atoms with Crippen LogP contribution in [0.1, 0.15) is 162 Å². The summed E-state index contributed by atoms with van der Waals surface area (Å²) in [4.78, 5) is 67.4. The number of piperidine rings is 2. The minimum Gasteiger partial charge on any atom is -0.356 e. The number of hydrogen-bond donors (Lipinski definition) is 3. The number of nitrogens with zero attached hydrogens (tertiary/aromatic N) is 11. The quantitative estimate of drug-likeness (QED) is 0.0934. The largest absolute Gasteiger partial charge is 0.356 e. The van der Waals surface area contributed by atoms with Crippen molar-refractivity contribution >= 4 is 40.7 Å². The molecular formula is C54H72N14O4. The highest BCUT2D eigenvalue weighted by atomic mass is 16.2. The van der Waals surface area contributed by atoms with Crippen LogP contribution in [0.3, 0.4) is 0 Å². The van der Waals surface area contributed by atoms with Crippen LogP contribution >= 0.6 is 0 Å². The second-order valence-corrected chi connectivity index (χ2v) is 21.8. The predicted molar refractivity (Wildman–Crippen MR) is 272 cm³/mol. The van der Waals surface area contributed by atoms with Gasteiger partial charge in [0.2, 0.25) is 11.8 Å². The minimum atomic E-state index is -0.363. The Bertz CT molecular complexity index is 2920. The molecule has 0 aromatic carbocycles. The van der Waals surface area contributed by atoms with Crippen molar-refractivity contribution in [3.8, 4) is 0 Å². The molecule has 2 saturated heterocycles. The molecule has 18 nitrogen and oxygen atoms in total. The highest BCUT2D eigenvalue weighted by Crippen LogP contribution is 2.39. The summed E-state index contributed by atoms with van der Waals surface area (Å²) < 4.78 is 6.98. The third-order valence-corrected chi connectivity index (χ3v) is 16.5. The van der Waals surface area contributed by atoms with Crippen molar-refractivity contribution in [3.05, 3.63) is 89.2 Å². The average Bonchev–Trinajstić information content (AvgIpc) is 4.21. The van der Waals surface area contributed by atoms with Crippen LogP contribution in [0, 0.1) is 47.3 Å². The fourth-order valence-corrected chi connectivity index (χ4v) is 12.1. The van der Waals surface area contributed by atoms with Gasteiger partial charge in [-0.05, 0) is 118 Å². The lowest BCUT2D eigenvalue weighted by Gasteiger charge is -2.34. The minimum absolute atomic E-state index is 0.0426. The van der Waals surface area contributed by atoms with Crippen LogP contribution in [0.5, 0.6) is 0 Å². The Morgan fingerprint density at radius 3 is 1.82 bits per heavy atom. The fraction of sp³-hybridized carbons (Fsp3) is 0.593. The van der Waals surface area contributed by atoms with E-state index in [4.69, 9.17) is 25.3 Å². The van der Waals surface area contributed by atoms with E-state index in [9.17, 15) is 19.2 Å². The highest BCUT2D eigenvalue weighted by molar-refractivity contribution is 5.98. The van der Waals surface area contributed by atoms with E-state index in [1.165, 1.54) is 0 Å². The molecule has 4 amide bonds. The van der Waals surface area contributed by atoms with Gasteiger partial charge < -0.3 is 16.0 Å². The summed E-state index contributed by atoms with van der Waals surface area (Å²) in [6.45, 7) is 15.0. The van der Waals surface area contributed by atoms with Crippen LogP contribution < -0.4 is 20.9 Å². The first-order valence-corrected chi connectivity index (χ1v) is 26.8. The van der Waals surface area contributed by atoms with Gasteiger partial charge in [0.25, 0.3) is 11.8 Å². The number of aryl methyl sites for hydroxylation is 2. The monoisotopic (exact) mass is 981 g/mol. The molecule has 4 unspecified atom stereocenters. The molecule has 3 N–H and O–H groups in total. The topological polar surface area (TPSA) is 204 Å². The Morgan fingerprint density at radius 2 is 1.25 bits per heavy atom. The number of hydrogen-bond acceptors (Lipinski definition) is 10. The van der Waals surface area contributed by atoms with Gasteiger partial charge in [-0.25, -0.2) is 19.0 Å². The van der Waals surface area contributed by atoms with Gasteiger partial charge >= 0.3 is 0 Å². The van der Waals surface area contributed by atoms with Gasteiger partial charge in [0, 0.05) is 63.1 Å². The smallest absolute Gasteiger partial charge is 0.270 e. The number of amides is 4. The van der Waals surface area contributed by atoms with E-state index in [0.717, 1.165) is 80.6 Å². The lowest BCUT2D eigenvalue weighted by molar-refractivity contribution is -0.128. The molecule has 0 radical (unpaired) electrons. The number of anilines is 1. The third kappa shape index (κ3) is 10.3. The van der Waals surface area contributed by atoms with Gasteiger partial charge in [0.1, 0.15) is 11.4 Å². The molecule has 6 aromatic rings. The second-order valence-electron chi connectivity index (χ2n) is 21.8. The molecule has 382 valence electrons. The molecule has 4 aliphatic rings. The number of carbonyl (C=O) groups is 4. The van der Waals surface area contributed by atoms with Crippen molar-refractivity contribution < 1.29 is 19.2 Å². The van der Waals surface area contributed by atoms with Crippen LogP contribution in [0.2, 0.25) is 0 Å². The summed E-state index contributed by atoms with van der Waals surface area (Å²) in [7, 11) is 0. The zero-order valence-corrected chi connectivity index (χ0v) is 42.8. The van der Waals surface area contributed by atoms with Gasteiger partial charge in [-0.2, -0.15) is 20.4 Å². The molecule has 8 heterocycles. The summed E-state index contributed by atoms with van der Waals surface area (Å²) in [5.74, 6) is 1.73. The summed E-state index contributed by atoms with van der Waals surface area (Å²) >= 11 is 0. The number of fused-ring (bicyclic) bond motifs is 2. The van der Waals surface area contributed by atoms with Gasteiger partial charge in [-0.3, -0.25) is 33.4 Å². The van der Waals surface area contributed by atoms with Crippen LogP contribution in [-0.4, -0.2) is 85.5 Å². The van der Waals surface area contributed by atoms with Crippen molar-refractivity contribution in [1.82, 2.24) is 64.7 Å². The Morgan fingerprint density at radius 1 is 0.681 bits per heavy atom. The molecule has 2 saturated carbocycles. The number of imidazole rings is 2. The van der Waals surface area contributed by atoms with Crippen molar-refractivity contribution in [2.24, 2.45) is 47.3 Å². The first kappa shape index (κ1) is 49.1. The highest BCUT2D eigenvalue weighted by Gasteiger charge is 2.38. The maximum Gasteiger partial charge on any atom is 0.270 e. The SMILES string of the molecule is CCn1nccc1C(=O)N[C@H](c1cn2nc(CC3CC(C)CN(c4cc(C(=O)N[C@H](c5cn6nc(CC7C(=O)NCCC7C)ccc6n5)C5CCC(C)CC5)n(CC)n4)C3=O)ccc2n1)C1CCC(C)CC1. The Hall–Kier alpha value is -6.46. The number of rotatable bonds is 15. The number of nitrogens with one attached hydrogen (secondary N) is 3. The lowest BCUT2D eigenvalue weighted by Crippen LogP contribution is -2.46. The van der Waals surface area contributed by atoms with Crippen molar-refractivity contribution in [2.75, 3.05) is 18.0 Å². The van der Waals surface area contributed by atoms with Crippen LogP contribution in [0.15, 0.2) is 55.0 Å². The Kier molecular flexibility index (Phi) is 14.3. The van der Waals surface area contributed by atoms with Gasteiger partial charge in [-0.1, -0.05) is 53.4 Å². The molecule has 2 aliphatic carbocycles. The lowest BCUT2D eigenvalue weighted by atomic mass is 9.78. The molecular weight excluding hydrogens is 909 g/mol. The molecule has 6 atom stereocenters. The van der Waals surface area contributed by atoms with Gasteiger partial charge in [-0.15, -0.1) is 0 Å². The van der Waals surface area contributed by atoms with E-state index in [-0.39, 0.29) is 71.2 Å². The number of carbonyl (C=O) groups excluding carboxylic acids is 4. The summed E-state index contributed by atoms with van der Waals surface area (Å²) in [5.41, 5.74) is 5.41. The molecule has 6 aromatic heterocycles. The first-order valence-electron chi connectivity index (χ1n) is 26.8. The Labute approximate surface area is 421 Å². The molecule has 72 heavy (non-hydrogen) atoms. The summed E-state index contributed by atoms with van der Waals surface area (Å²) in [5, 5.41) is 28.9. The maximum atomic E-state index is 14.6. The molecule has 10 rings (SSSR count). The molecule has 2 aliphatic heterocycles. The average molecular weight is 981 g/mol. The zero-order chi connectivity index (χ0) is 50.2. The van der Waals surface area contributed by atoms with E-state index in [1.54, 1.807) is 41.6 Å². The maximum absolute atomic E-state index is 14.6. The Balaban J connectivity index is 0.859. The molecule has 0 spiro atoms.